The van der Waals surface area contributed by atoms with Crippen molar-refractivity contribution < 1.29 is 18.7 Å². The van der Waals surface area contributed by atoms with E-state index in [1.807, 2.05) is 18.2 Å². The average molecular weight is 289 g/mol. The summed E-state index contributed by atoms with van der Waals surface area (Å²) < 4.78 is 15.4. The number of ether oxygens (including phenoxy) is 2. The van der Waals surface area contributed by atoms with Gasteiger partial charge in [0, 0.05) is 13.6 Å². The van der Waals surface area contributed by atoms with E-state index in [0.29, 0.717) is 23.6 Å². The third-order valence-corrected chi connectivity index (χ3v) is 3.30. The smallest absolute Gasteiger partial charge is 0.256 e. The van der Waals surface area contributed by atoms with Crippen molar-refractivity contribution in [3.63, 3.8) is 0 Å². The van der Waals surface area contributed by atoms with Gasteiger partial charge in [-0.1, -0.05) is 6.07 Å². The first-order chi connectivity index (χ1) is 10.2. The third-order valence-electron chi connectivity index (χ3n) is 3.30. The van der Waals surface area contributed by atoms with Crippen LogP contribution in [0.5, 0.6) is 11.5 Å². The Morgan fingerprint density at radius 1 is 1.19 bits per heavy atom. The molecule has 0 N–H and O–H groups in total. The number of methoxy groups -OCH3 is 2. The minimum absolute atomic E-state index is 0.0516. The lowest BCUT2D eigenvalue weighted by molar-refractivity contribution is 0.0796. The molecule has 0 atom stereocenters. The van der Waals surface area contributed by atoms with Gasteiger partial charge in [-0.3, -0.25) is 4.79 Å². The first kappa shape index (κ1) is 15.0. The van der Waals surface area contributed by atoms with E-state index in [0.717, 1.165) is 12.0 Å². The zero-order valence-corrected chi connectivity index (χ0v) is 12.5. The van der Waals surface area contributed by atoms with Crippen LogP contribution in [0.2, 0.25) is 0 Å². The van der Waals surface area contributed by atoms with Gasteiger partial charge >= 0.3 is 0 Å². The van der Waals surface area contributed by atoms with Crippen LogP contribution in [0.25, 0.3) is 0 Å². The van der Waals surface area contributed by atoms with Crippen LogP contribution in [0.15, 0.2) is 41.2 Å². The maximum atomic E-state index is 12.1. The highest BCUT2D eigenvalue weighted by Crippen LogP contribution is 2.27. The zero-order chi connectivity index (χ0) is 15.2. The Hall–Kier alpha value is -2.43. The lowest BCUT2D eigenvalue weighted by Gasteiger charge is -2.16. The second-order valence-corrected chi connectivity index (χ2v) is 4.68. The molecule has 0 unspecified atom stereocenters. The molecule has 0 aliphatic carbocycles. The molecule has 2 rings (SSSR count). The third kappa shape index (κ3) is 3.56. The largest absolute Gasteiger partial charge is 0.493 e. The molecule has 5 heteroatoms. The molecule has 1 amide bonds. The van der Waals surface area contributed by atoms with Gasteiger partial charge < -0.3 is 18.8 Å². The van der Waals surface area contributed by atoms with Crippen LogP contribution in [0.4, 0.5) is 0 Å². The van der Waals surface area contributed by atoms with Crippen molar-refractivity contribution in [1.29, 1.82) is 0 Å². The molecule has 0 fully saturated rings. The van der Waals surface area contributed by atoms with Crippen LogP contribution in [-0.4, -0.2) is 38.6 Å². The maximum absolute atomic E-state index is 12.1. The molecule has 0 bridgehead atoms. The molecular formula is C16H19NO4. The molecule has 5 nitrogen and oxygen atoms in total. The molecule has 0 spiro atoms. The number of benzene rings is 1. The summed E-state index contributed by atoms with van der Waals surface area (Å²) in [5.41, 5.74) is 1.64. The summed E-state index contributed by atoms with van der Waals surface area (Å²) in [6, 6.07) is 7.42. The average Bonchev–Trinajstić information content (AvgIpc) is 3.05. The van der Waals surface area contributed by atoms with E-state index in [9.17, 15) is 4.79 Å². The van der Waals surface area contributed by atoms with E-state index in [4.69, 9.17) is 13.9 Å². The van der Waals surface area contributed by atoms with Gasteiger partial charge in [0.25, 0.3) is 5.91 Å². The number of nitrogens with zero attached hydrogens (tertiary/aromatic N) is 1. The Morgan fingerprint density at radius 3 is 2.57 bits per heavy atom. The maximum Gasteiger partial charge on any atom is 0.256 e. The molecule has 0 aliphatic heterocycles. The number of hydrogen-bond acceptors (Lipinski definition) is 4. The standard InChI is InChI=1S/C16H19NO4/c1-17(16(18)13-7-9-21-11-13)8-6-12-4-5-14(19-2)15(10-12)20-3/h4-5,7,9-11H,6,8H2,1-3H3. The summed E-state index contributed by atoms with van der Waals surface area (Å²) in [6.45, 7) is 0.611. The van der Waals surface area contributed by atoms with Crippen molar-refractivity contribution in [2.24, 2.45) is 0 Å². The lowest BCUT2D eigenvalue weighted by atomic mass is 10.1. The first-order valence-corrected chi connectivity index (χ1v) is 6.64. The second kappa shape index (κ2) is 6.83. The van der Waals surface area contributed by atoms with Gasteiger partial charge in [0.15, 0.2) is 11.5 Å². The summed E-state index contributed by atoms with van der Waals surface area (Å²) in [5, 5.41) is 0. The zero-order valence-electron chi connectivity index (χ0n) is 12.5. The van der Waals surface area contributed by atoms with E-state index >= 15 is 0 Å². The fourth-order valence-corrected chi connectivity index (χ4v) is 2.04. The highest BCUT2D eigenvalue weighted by molar-refractivity contribution is 5.93. The Kier molecular flexibility index (Phi) is 4.87. The molecule has 2 aromatic rings. The predicted octanol–water partition coefficient (Wildman–Crippen LogP) is 2.61. The van der Waals surface area contributed by atoms with Crippen LogP contribution in [0.3, 0.4) is 0 Å². The molecule has 1 aromatic heterocycles. The van der Waals surface area contributed by atoms with Gasteiger partial charge in [0.1, 0.15) is 6.26 Å². The first-order valence-electron chi connectivity index (χ1n) is 6.64. The normalized spacial score (nSPS) is 10.2. The van der Waals surface area contributed by atoms with Gasteiger partial charge in [-0.15, -0.1) is 0 Å². The second-order valence-electron chi connectivity index (χ2n) is 4.68. The molecular weight excluding hydrogens is 270 g/mol. The minimum Gasteiger partial charge on any atom is -0.493 e. The molecule has 0 saturated carbocycles. The molecule has 21 heavy (non-hydrogen) atoms. The fraction of sp³-hybridized carbons (Fsp3) is 0.312. The molecule has 1 aromatic carbocycles. The number of carbonyl (C=O) groups is 1. The van der Waals surface area contributed by atoms with E-state index in [-0.39, 0.29) is 5.91 Å². The number of carbonyl (C=O) groups excluding carboxylic acids is 1. The van der Waals surface area contributed by atoms with Gasteiger partial charge in [-0.25, -0.2) is 0 Å². The predicted molar refractivity (Wildman–Crippen MR) is 78.9 cm³/mol. The van der Waals surface area contributed by atoms with Crippen molar-refractivity contribution in [2.45, 2.75) is 6.42 Å². The number of hydrogen-bond donors (Lipinski definition) is 0. The highest BCUT2D eigenvalue weighted by atomic mass is 16.5. The molecule has 0 saturated heterocycles. The minimum atomic E-state index is -0.0516. The molecule has 112 valence electrons. The monoisotopic (exact) mass is 289 g/mol. The lowest BCUT2D eigenvalue weighted by Crippen LogP contribution is -2.28. The van der Waals surface area contributed by atoms with Gasteiger partial charge in [0.2, 0.25) is 0 Å². The van der Waals surface area contributed by atoms with Crippen LogP contribution in [0.1, 0.15) is 15.9 Å². The molecule has 1 heterocycles. The Bertz CT molecular complexity index is 592. The van der Waals surface area contributed by atoms with Crippen molar-refractivity contribution in [3.8, 4) is 11.5 Å². The van der Waals surface area contributed by atoms with Crippen molar-refractivity contribution in [2.75, 3.05) is 27.8 Å². The van der Waals surface area contributed by atoms with Crippen LogP contribution in [-0.2, 0) is 6.42 Å². The van der Waals surface area contributed by atoms with Crippen LogP contribution >= 0.6 is 0 Å². The quantitative estimate of drug-likeness (QED) is 0.820. The Labute approximate surface area is 124 Å². The van der Waals surface area contributed by atoms with Gasteiger partial charge in [-0.2, -0.15) is 0 Å². The molecule has 0 aliphatic rings. The summed E-state index contributed by atoms with van der Waals surface area (Å²) >= 11 is 0. The highest BCUT2D eigenvalue weighted by Gasteiger charge is 2.13. The Balaban J connectivity index is 1.98. The summed E-state index contributed by atoms with van der Waals surface area (Å²) in [4.78, 5) is 13.7. The Morgan fingerprint density at radius 2 is 1.95 bits per heavy atom. The van der Waals surface area contributed by atoms with Crippen molar-refractivity contribution in [1.82, 2.24) is 4.90 Å². The van der Waals surface area contributed by atoms with Gasteiger partial charge in [0.05, 0.1) is 26.0 Å². The van der Waals surface area contributed by atoms with Crippen LogP contribution in [0, 0.1) is 0 Å². The van der Waals surface area contributed by atoms with E-state index in [1.165, 1.54) is 12.5 Å². The SMILES string of the molecule is COc1ccc(CCN(C)C(=O)c2ccoc2)cc1OC. The van der Waals surface area contributed by atoms with E-state index < -0.39 is 0 Å². The van der Waals surface area contributed by atoms with Crippen molar-refractivity contribution in [3.05, 3.63) is 47.9 Å². The molecule has 0 radical (unpaired) electrons. The summed E-state index contributed by atoms with van der Waals surface area (Å²) in [7, 11) is 4.99. The number of likely N-dealkylation sites (N-methyl/N-ethyl adjacent to an activating group) is 1. The van der Waals surface area contributed by atoms with Crippen molar-refractivity contribution >= 4 is 5.91 Å². The number of furan rings is 1. The van der Waals surface area contributed by atoms with Gasteiger partial charge in [-0.05, 0) is 30.2 Å². The summed E-state index contributed by atoms with van der Waals surface area (Å²) in [5.74, 6) is 1.34. The van der Waals surface area contributed by atoms with Crippen LogP contribution < -0.4 is 9.47 Å². The van der Waals surface area contributed by atoms with E-state index in [2.05, 4.69) is 0 Å². The van der Waals surface area contributed by atoms with E-state index in [1.54, 1.807) is 32.2 Å². The number of amides is 1. The topological polar surface area (TPSA) is 51.9 Å². The number of rotatable bonds is 6. The fourth-order valence-electron chi connectivity index (χ4n) is 2.04. The summed E-state index contributed by atoms with van der Waals surface area (Å²) in [6.07, 6.45) is 3.69.